The molecule has 13 nitrogen and oxygen atoms in total. The topological polar surface area (TPSA) is 181 Å². The number of ether oxygens (including phenoxy) is 2. The molecule has 1 aliphatic carbocycles. The predicted molar refractivity (Wildman–Crippen MR) is 294 cm³/mol. The number of nitrogens with two attached hydrogens (primary N) is 1. The number of amides is 2. The van der Waals surface area contributed by atoms with E-state index in [1.807, 2.05) is 71.1 Å². The van der Waals surface area contributed by atoms with Crippen molar-refractivity contribution in [3.05, 3.63) is 34.9 Å². The summed E-state index contributed by atoms with van der Waals surface area (Å²) in [6, 6.07) is 5.09. The van der Waals surface area contributed by atoms with Gasteiger partial charge < -0.3 is 30.1 Å². The van der Waals surface area contributed by atoms with Gasteiger partial charge in [-0.15, -0.1) is 0 Å². The fourth-order valence-electron chi connectivity index (χ4n) is 11.0. The van der Waals surface area contributed by atoms with Crippen molar-refractivity contribution in [3.8, 4) is 0 Å². The Hall–Kier alpha value is -2.15. The zero-order chi connectivity index (χ0) is 51.1. The number of hydrogen-bond donors (Lipinski definition) is 4. The lowest BCUT2D eigenvalue weighted by atomic mass is 9.79. The molecule has 0 aromatic heterocycles. The van der Waals surface area contributed by atoms with Crippen LogP contribution in [0.15, 0.2) is 18.2 Å². The smallest absolute Gasteiger partial charge is 0.331 e. The first-order valence-electron chi connectivity index (χ1n) is 27.2. The van der Waals surface area contributed by atoms with Gasteiger partial charge in [-0.1, -0.05) is 98.6 Å². The molecule has 4 aliphatic rings. The Morgan fingerprint density at radius 1 is 0.817 bits per heavy atom. The summed E-state index contributed by atoms with van der Waals surface area (Å²) in [6.07, 6.45) is 23.0. The number of carboxylic acid groups (broad SMARTS) is 1. The Labute approximate surface area is 443 Å². The van der Waals surface area contributed by atoms with E-state index in [1.165, 1.54) is 43.4 Å². The number of benzene rings is 1. The molecule has 5 N–H and O–H groups in total. The van der Waals surface area contributed by atoms with Crippen molar-refractivity contribution >= 4 is 74.8 Å². The Morgan fingerprint density at radius 2 is 1.52 bits per heavy atom. The largest absolute Gasteiger partial charge is 0.479 e. The number of hydrogen-bond acceptors (Lipinski definition) is 14. The zero-order valence-electron chi connectivity index (χ0n) is 43.7. The number of carbonyl (C=O) groups is 5. The number of rotatable bonds is 32. The van der Waals surface area contributed by atoms with Gasteiger partial charge in [0.05, 0.1) is 0 Å². The molecular formula is C54H89N5O8S4. The van der Waals surface area contributed by atoms with Gasteiger partial charge in [0.2, 0.25) is 11.8 Å². The third-order valence-electron chi connectivity index (χ3n) is 15.4. The number of nitrogens with one attached hydrogen (secondary N) is 2. The summed E-state index contributed by atoms with van der Waals surface area (Å²) in [6.45, 7) is 8.62. The molecule has 402 valence electrons. The normalized spacial score (nSPS) is 23.2. The maximum Gasteiger partial charge on any atom is 0.331 e. The summed E-state index contributed by atoms with van der Waals surface area (Å²) in [5.41, 5.74) is 8.53. The van der Waals surface area contributed by atoms with Crippen molar-refractivity contribution in [2.24, 2.45) is 23.5 Å². The van der Waals surface area contributed by atoms with Crippen LogP contribution in [0.25, 0.3) is 0 Å². The number of fused-ring (bicyclic) bond motifs is 1. The number of unbranched alkanes of at least 4 members (excludes halogenated alkanes) is 2. The number of aliphatic carboxylic acids is 1. The molecule has 9 unspecified atom stereocenters. The second kappa shape index (κ2) is 32.3. The fourth-order valence-corrected chi connectivity index (χ4v) is 15.8. The first kappa shape index (κ1) is 59.7. The van der Waals surface area contributed by atoms with Gasteiger partial charge in [0.25, 0.3) is 0 Å². The molecule has 0 bridgehead atoms. The first-order chi connectivity index (χ1) is 34.4. The van der Waals surface area contributed by atoms with Crippen LogP contribution >= 0.6 is 45.1 Å². The van der Waals surface area contributed by atoms with Crippen LogP contribution in [0.5, 0.6) is 0 Å². The van der Waals surface area contributed by atoms with Crippen LogP contribution in [-0.4, -0.2) is 118 Å². The van der Waals surface area contributed by atoms with E-state index < -0.39 is 24.5 Å². The maximum atomic E-state index is 13.8. The molecule has 17 heteroatoms. The highest BCUT2D eigenvalue weighted by molar-refractivity contribution is 8.77. The van der Waals surface area contributed by atoms with Crippen molar-refractivity contribution in [1.82, 2.24) is 20.4 Å². The number of thioether (sulfide) groups is 2. The van der Waals surface area contributed by atoms with Gasteiger partial charge in [0, 0.05) is 79.6 Å². The predicted octanol–water partition coefficient (Wildman–Crippen LogP) is 10.6. The number of esters is 2. The second-order valence-electron chi connectivity index (χ2n) is 20.6. The van der Waals surface area contributed by atoms with Gasteiger partial charge in [-0.3, -0.25) is 29.8 Å². The number of carboxylic acids is 1. The zero-order valence-corrected chi connectivity index (χ0v) is 47.0. The number of likely N-dealkylation sites (tertiary alicyclic amines) is 1. The maximum absolute atomic E-state index is 13.8. The molecule has 3 aliphatic heterocycles. The molecule has 3 fully saturated rings. The second-order valence-corrected chi connectivity index (χ2v) is 25.5. The fraction of sp³-hybridized carbons (Fsp3) is 0.796. The van der Waals surface area contributed by atoms with E-state index in [2.05, 4.69) is 41.0 Å². The highest BCUT2D eigenvalue weighted by Gasteiger charge is 2.41. The van der Waals surface area contributed by atoms with Gasteiger partial charge in [0.1, 0.15) is 0 Å². The van der Waals surface area contributed by atoms with E-state index in [4.69, 9.17) is 15.2 Å². The third kappa shape index (κ3) is 19.2. The lowest BCUT2D eigenvalue weighted by Crippen LogP contribution is -2.41. The van der Waals surface area contributed by atoms with Crippen LogP contribution in [-0.2, 0) is 40.0 Å². The van der Waals surface area contributed by atoms with Crippen molar-refractivity contribution in [2.45, 2.75) is 209 Å². The Bertz CT molecular complexity index is 1800. The highest BCUT2D eigenvalue weighted by Crippen LogP contribution is 2.53. The molecule has 1 aromatic rings. The molecule has 3 heterocycles. The molecule has 2 saturated heterocycles. The van der Waals surface area contributed by atoms with E-state index in [-0.39, 0.29) is 60.5 Å². The van der Waals surface area contributed by atoms with Gasteiger partial charge >= 0.3 is 17.9 Å². The molecule has 2 amide bonds. The minimum absolute atomic E-state index is 0.0480. The molecule has 0 spiro atoms. The lowest BCUT2D eigenvalue weighted by molar-refractivity contribution is -0.154. The third-order valence-corrected chi connectivity index (χ3v) is 20.6. The number of nitrogens with zero attached hydrogens (tertiary/aromatic N) is 2. The van der Waals surface area contributed by atoms with E-state index in [1.54, 1.807) is 0 Å². The average Bonchev–Trinajstić information content (AvgIpc) is 3.98. The van der Waals surface area contributed by atoms with Crippen LogP contribution in [0.3, 0.4) is 0 Å². The van der Waals surface area contributed by atoms with Crippen LogP contribution < -0.4 is 16.4 Å². The van der Waals surface area contributed by atoms with Crippen molar-refractivity contribution in [2.75, 3.05) is 44.4 Å². The highest BCUT2D eigenvalue weighted by atomic mass is 33.1. The minimum atomic E-state index is -1.05. The number of carbonyl (C=O) groups excluding carboxylic acids is 4. The van der Waals surface area contributed by atoms with Crippen LogP contribution in [0.4, 0.5) is 0 Å². The average molecular weight is 1060 g/mol. The molecule has 1 saturated carbocycles. The Balaban J connectivity index is 1.01. The monoisotopic (exact) mass is 1060 g/mol. The van der Waals surface area contributed by atoms with Crippen LogP contribution in [0.2, 0.25) is 0 Å². The molecule has 9 atom stereocenters. The Kier molecular flexibility index (Phi) is 27.2. The van der Waals surface area contributed by atoms with Gasteiger partial charge in [-0.25, -0.2) is 4.79 Å². The Morgan fingerprint density at radius 3 is 2.20 bits per heavy atom. The minimum Gasteiger partial charge on any atom is -0.479 e. The van der Waals surface area contributed by atoms with Gasteiger partial charge in [0.15, 0.2) is 18.5 Å². The van der Waals surface area contributed by atoms with Crippen LogP contribution in [0, 0.1) is 17.8 Å². The van der Waals surface area contributed by atoms with E-state index in [0.29, 0.717) is 60.8 Å². The summed E-state index contributed by atoms with van der Waals surface area (Å²) < 4.78 is 11.8. The van der Waals surface area contributed by atoms with Crippen LogP contribution in [0.1, 0.15) is 190 Å². The summed E-state index contributed by atoms with van der Waals surface area (Å²) in [4.78, 5) is 69.3. The van der Waals surface area contributed by atoms with Gasteiger partial charge in [-0.2, -0.15) is 23.5 Å². The standard InChI is InChI=1S/C54H89N5O8S4/c1-6-37(2)53(67-51(63)24-12-10-18-41(69-5)29-33-68-4)57-32-28-49(61)59-36-45-43(20-14-21-44(45)52(59)54(64)65)46-26-25-42(70-71-46)19-11-13-23-50(62)66-47(22-15-30-55)56-31-27-48(60)58-35-40(34-38(58)3)39-16-8-7-9-17-39/h14,20-21,37-42,46-47,52-53,56-57H,6-13,15-19,22-36,55H2,1-5H3,(H,64,65). The van der Waals surface area contributed by atoms with Crippen molar-refractivity contribution in [1.29, 1.82) is 0 Å². The quantitative estimate of drug-likeness (QED) is 0.0231. The molecule has 71 heavy (non-hydrogen) atoms. The lowest BCUT2D eigenvalue weighted by Gasteiger charge is -2.29. The van der Waals surface area contributed by atoms with Gasteiger partial charge in [-0.05, 0) is 131 Å². The summed E-state index contributed by atoms with van der Waals surface area (Å²) in [7, 11) is 3.70. The first-order valence-corrected chi connectivity index (χ1v) is 32.2. The SMILES string of the molecule is CCC(C)C(NCCC(=O)N1Cc2c(C3CCC(CCCCC(=O)OC(CCCN)NCCC(=O)N4CC(C5CCCCC5)CC4C)SS3)cccc2C1C(=O)O)OC(=O)CCCCC(CCSC)SC. The van der Waals surface area contributed by atoms with Crippen molar-refractivity contribution < 1.29 is 38.6 Å². The molecule has 0 radical (unpaired) electrons. The molecule has 1 aromatic carbocycles. The summed E-state index contributed by atoms with van der Waals surface area (Å²) >= 11 is 3.77. The molecule has 5 rings (SSSR count). The summed E-state index contributed by atoms with van der Waals surface area (Å²) in [5, 5.41) is 18.3. The van der Waals surface area contributed by atoms with E-state index >= 15 is 0 Å². The van der Waals surface area contributed by atoms with Crippen molar-refractivity contribution in [3.63, 3.8) is 0 Å². The van der Waals surface area contributed by atoms with E-state index in [9.17, 15) is 29.1 Å². The molecular weight excluding hydrogens is 975 g/mol. The van der Waals surface area contributed by atoms with E-state index in [0.717, 1.165) is 100.0 Å². The summed E-state index contributed by atoms with van der Waals surface area (Å²) in [5.74, 6) is 1.01.